The van der Waals surface area contributed by atoms with Crippen LogP contribution < -0.4 is 4.72 Å². The summed E-state index contributed by atoms with van der Waals surface area (Å²) in [6.07, 6.45) is 0.606. The van der Waals surface area contributed by atoms with Gasteiger partial charge < -0.3 is 0 Å². The van der Waals surface area contributed by atoms with Crippen LogP contribution in [0.3, 0.4) is 0 Å². The van der Waals surface area contributed by atoms with Gasteiger partial charge in [0.2, 0.25) is 10.0 Å². The van der Waals surface area contributed by atoms with E-state index >= 15 is 0 Å². The van der Waals surface area contributed by atoms with Crippen molar-refractivity contribution >= 4 is 48.6 Å². The molecule has 2 rings (SSSR count). The first-order valence-electron chi connectivity index (χ1n) is 5.55. The van der Waals surface area contributed by atoms with E-state index in [1.54, 1.807) is 17.4 Å². The molecule has 0 aliphatic carbocycles. The summed E-state index contributed by atoms with van der Waals surface area (Å²) < 4.78 is 27.9. The van der Waals surface area contributed by atoms with E-state index < -0.39 is 10.0 Å². The molecule has 0 amide bonds. The Kier molecular flexibility index (Phi) is 4.78. The molecule has 104 valence electrons. The van der Waals surface area contributed by atoms with Gasteiger partial charge in [-0.05, 0) is 41.4 Å². The van der Waals surface area contributed by atoms with Crippen molar-refractivity contribution in [1.82, 2.24) is 9.71 Å². The second kappa shape index (κ2) is 6.01. The summed E-state index contributed by atoms with van der Waals surface area (Å²) in [5.41, 5.74) is 1.86. The zero-order chi connectivity index (χ0) is 14.0. The maximum Gasteiger partial charge on any atom is 0.250 e. The van der Waals surface area contributed by atoms with Gasteiger partial charge in [-0.15, -0.1) is 22.7 Å². The van der Waals surface area contributed by atoms with Crippen LogP contribution in [0.25, 0.3) is 0 Å². The number of rotatable bonds is 5. The Labute approximate surface area is 129 Å². The van der Waals surface area contributed by atoms with Crippen LogP contribution in [0.15, 0.2) is 19.4 Å². The van der Waals surface area contributed by atoms with Gasteiger partial charge in [-0.2, -0.15) is 0 Å². The monoisotopic (exact) mass is 380 g/mol. The number of sulfonamides is 1. The fraction of sp³-hybridized carbons (Fsp3) is 0.364. The van der Waals surface area contributed by atoms with E-state index in [9.17, 15) is 8.42 Å². The molecule has 1 N–H and O–H groups in total. The maximum atomic E-state index is 12.1. The summed E-state index contributed by atoms with van der Waals surface area (Å²) in [5, 5.41) is 2.95. The average Bonchev–Trinajstić information content (AvgIpc) is 2.87. The van der Waals surface area contributed by atoms with Gasteiger partial charge in [0.25, 0.3) is 0 Å². The first-order chi connectivity index (χ1) is 8.88. The van der Waals surface area contributed by atoms with Crippen molar-refractivity contribution in [3.8, 4) is 0 Å². The number of thiophene rings is 1. The van der Waals surface area contributed by atoms with Crippen molar-refractivity contribution in [2.45, 2.75) is 24.5 Å². The highest BCUT2D eigenvalue weighted by Gasteiger charge is 2.17. The maximum absolute atomic E-state index is 12.1. The lowest BCUT2D eigenvalue weighted by atomic mass is 10.3. The normalized spacial score (nSPS) is 11.9. The molecule has 0 saturated heterocycles. The Morgan fingerprint density at radius 1 is 1.42 bits per heavy atom. The summed E-state index contributed by atoms with van der Waals surface area (Å²) >= 11 is 6.13. The van der Waals surface area contributed by atoms with Crippen molar-refractivity contribution in [2.24, 2.45) is 0 Å². The van der Waals surface area contributed by atoms with E-state index in [0.717, 1.165) is 20.1 Å². The van der Waals surface area contributed by atoms with Crippen molar-refractivity contribution in [3.05, 3.63) is 31.5 Å². The van der Waals surface area contributed by atoms with Crippen molar-refractivity contribution in [2.75, 3.05) is 6.54 Å². The molecule has 0 aromatic carbocycles. The van der Waals surface area contributed by atoms with Gasteiger partial charge in [-0.3, -0.25) is 0 Å². The number of hydrogen-bond donors (Lipinski definition) is 1. The second-order valence-electron chi connectivity index (χ2n) is 4.03. The van der Waals surface area contributed by atoms with Crippen molar-refractivity contribution in [3.63, 3.8) is 0 Å². The minimum absolute atomic E-state index is 0.339. The Balaban J connectivity index is 1.98. The summed E-state index contributed by atoms with van der Waals surface area (Å²) in [6.45, 7) is 4.17. The minimum atomic E-state index is -3.41. The molecule has 0 radical (unpaired) electrons. The number of aryl methyl sites for hydroxylation is 2. The van der Waals surface area contributed by atoms with Gasteiger partial charge in [-0.25, -0.2) is 18.1 Å². The molecule has 0 bridgehead atoms. The van der Waals surface area contributed by atoms with Crippen LogP contribution in [0.2, 0.25) is 0 Å². The molecule has 0 fully saturated rings. The van der Waals surface area contributed by atoms with E-state index in [2.05, 4.69) is 25.6 Å². The van der Waals surface area contributed by atoms with Crippen LogP contribution in [-0.4, -0.2) is 19.9 Å². The van der Waals surface area contributed by atoms with E-state index in [1.807, 2.05) is 19.2 Å². The smallest absolute Gasteiger partial charge is 0.247 e. The summed E-state index contributed by atoms with van der Waals surface area (Å²) in [5.74, 6) is 0. The molecule has 0 spiro atoms. The molecule has 0 saturated carbocycles. The van der Waals surface area contributed by atoms with E-state index in [-0.39, 0.29) is 0 Å². The molecule has 8 heteroatoms. The lowest BCUT2D eigenvalue weighted by Crippen LogP contribution is -2.25. The van der Waals surface area contributed by atoms with E-state index in [1.165, 1.54) is 11.3 Å². The molecule has 0 aliphatic heterocycles. The van der Waals surface area contributed by atoms with Gasteiger partial charge >= 0.3 is 0 Å². The lowest BCUT2D eigenvalue weighted by Gasteiger charge is -2.03. The number of aromatic nitrogens is 1. The van der Waals surface area contributed by atoms with Crippen molar-refractivity contribution < 1.29 is 8.42 Å². The number of nitrogens with zero attached hydrogens (tertiary/aromatic N) is 1. The van der Waals surface area contributed by atoms with Crippen LogP contribution >= 0.6 is 38.6 Å². The highest BCUT2D eigenvalue weighted by molar-refractivity contribution is 9.11. The third kappa shape index (κ3) is 3.85. The zero-order valence-corrected chi connectivity index (χ0v) is 14.5. The summed E-state index contributed by atoms with van der Waals surface area (Å²) in [4.78, 5) is 4.30. The molecule has 2 aromatic heterocycles. The van der Waals surface area contributed by atoms with Gasteiger partial charge in [0.05, 0.1) is 14.5 Å². The molecule has 19 heavy (non-hydrogen) atoms. The molecule has 0 aliphatic rings. The Morgan fingerprint density at radius 3 is 2.68 bits per heavy atom. The SMILES string of the molecule is Cc1nc(CCNS(=O)(=O)c2cc(C)c(Br)s2)cs1. The number of nitrogens with one attached hydrogen (secondary N) is 1. The molecule has 4 nitrogen and oxygen atoms in total. The second-order valence-corrected chi connectivity index (χ2v) is 9.45. The zero-order valence-electron chi connectivity index (χ0n) is 10.4. The largest absolute Gasteiger partial charge is 0.250 e. The summed E-state index contributed by atoms with van der Waals surface area (Å²) in [7, 11) is -3.41. The third-order valence-corrected chi connectivity index (χ3v) is 7.33. The number of hydrogen-bond acceptors (Lipinski definition) is 5. The summed E-state index contributed by atoms with van der Waals surface area (Å²) in [6, 6.07) is 1.67. The lowest BCUT2D eigenvalue weighted by molar-refractivity contribution is 0.583. The molecular formula is C11H13BrN2O2S3. The predicted octanol–water partition coefficient (Wildman–Crippen LogP) is 3.10. The van der Waals surface area contributed by atoms with E-state index in [0.29, 0.717) is 17.2 Å². The first-order valence-corrected chi connectivity index (χ1v) is 9.52. The quantitative estimate of drug-likeness (QED) is 0.866. The molecule has 2 heterocycles. The Hall–Kier alpha value is -0.280. The highest BCUT2D eigenvalue weighted by atomic mass is 79.9. The van der Waals surface area contributed by atoms with Gasteiger partial charge in [0, 0.05) is 18.3 Å². The van der Waals surface area contributed by atoms with Crippen LogP contribution in [0.4, 0.5) is 0 Å². The van der Waals surface area contributed by atoms with Crippen LogP contribution in [-0.2, 0) is 16.4 Å². The van der Waals surface area contributed by atoms with Crippen LogP contribution in [0.1, 0.15) is 16.3 Å². The van der Waals surface area contributed by atoms with Crippen LogP contribution in [0.5, 0.6) is 0 Å². The van der Waals surface area contributed by atoms with Gasteiger partial charge in [0.1, 0.15) is 4.21 Å². The fourth-order valence-electron chi connectivity index (χ4n) is 1.47. The third-order valence-electron chi connectivity index (χ3n) is 2.44. The molecular weight excluding hydrogens is 368 g/mol. The predicted molar refractivity (Wildman–Crippen MR) is 82.5 cm³/mol. The van der Waals surface area contributed by atoms with Crippen molar-refractivity contribution in [1.29, 1.82) is 0 Å². The molecule has 2 aromatic rings. The average molecular weight is 381 g/mol. The van der Waals surface area contributed by atoms with Gasteiger partial charge in [-0.1, -0.05) is 0 Å². The van der Waals surface area contributed by atoms with E-state index in [4.69, 9.17) is 0 Å². The standard InChI is InChI=1S/C11H13BrN2O2S3/c1-7-5-10(18-11(7)12)19(15,16)13-4-3-9-6-17-8(2)14-9/h5-6,13H,3-4H2,1-2H3. The number of halogens is 1. The number of thiazole rings is 1. The van der Waals surface area contributed by atoms with Gasteiger partial charge in [0.15, 0.2) is 0 Å². The molecule has 0 atom stereocenters. The fourth-order valence-corrected chi connectivity index (χ4v) is 5.42. The topological polar surface area (TPSA) is 59.1 Å². The molecule has 0 unspecified atom stereocenters. The Morgan fingerprint density at radius 2 is 2.16 bits per heavy atom. The minimum Gasteiger partial charge on any atom is -0.247 e. The Bertz CT molecular complexity index is 656. The highest BCUT2D eigenvalue weighted by Crippen LogP contribution is 2.30. The first kappa shape index (κ1) is 15.1. The van der Waals surface area contributed by atoms with Crippen LogP contribution in [0, 0.1) is 13.8 Å².